The normalized spacial score (nSPS) is 16.8. The number of benzene rings is 1. The van der Waals surface area contributed by atoms with E-state index in [1.54, 1.807) is 17.9 Å². The molecule has 2 aliphatic rings. The molecule has 3 amide bonds. The minimum absolute atomic E-state index is 0.143. The van der Waals surface area contributed by atoms with Crippen LogP contribution in [0.3, 0.4) is 0 Å². The van der Waals surface area contributed by atoms with Crippen molar-refractivity contribution in [1.29, 1.82) is 5.26 Å². The van der Waals surface area contributed by atoms with Crippen LogP contribution in [0, 0.1) is 18.3 Å². The first kappa shape index (κ1) is 28.0. The summed E-state index contributed by atoms with van der Waals surface area (Å²) < 4.78 is 45.1. The van der Waals surface area contributed by atoms with Crippen LogP contribution in [0.4, 0.5) is 18.9 Å². The number of halogens is 3. The van der Waals surface area contributed by atoms with Gasteiger partial charge in [-0.2, -0.15) is 18.4 Å². The molecule has 2 aromatic rings. The minimum atomic E-state index is -4.80. The zero-order chi connectivity index (χ0) is 28.3. The first-order valence-electron chi connectivity index (χ1n) is 12.7. The van der Waals surface area contributed by atoms with Crippen LogP contribution in [0.2, 0.25) is 0 Å². The van der Waals surface area contributed by atoms with E-state index >= 15 is 0 Å². The number of hydrogen-bond donors (Lipinski definition) is 0. The fourth-order valence-electron chi connectivity index (χ4n) is 4.83. The molecule has 0 aliphatic carbocycles. The van der Waals surface area contributed by atoms with Crippen molar-refractivity contribution in [2.45, 2.75) is 45.7 Å². The van der Waals surface area contributed by atoms with E-state index in [-0.39, 0.29) is 17.2 Å². The van der Waals surface area contributed by atoms with Gasteiger partial charge in [-0.1, -0.05) is 11.6 Å². The number of amides is 3. The predicted octanol–water partition coefficient (Wildman–Crippen LogP) is 4.08. The molecule has 206 valence electrons. The number of nitrogens with zero attached hydrogens (tertiary/aromatic N) is 5. The van der Waals surface area contributed by atoms with E-state index in [1.807, 2.05) is 0 Å². The second-order valence-electron chi connectivity index (χ2n) is 9.66. The number of alkyl halides is 3. The number of aryl methyl sites for hydroxylation is 1. The molecule has 12 heteroatoms. The summed E-state index contributed by atoms with van der Waals surface area (Å²) in [5, 5.41) is 12.8. The average molecular weight is 544 g/mol. The van der Waals surface area contributed by atoms with E-state index in [4.69, 9.17) is 9.78 Å². The molecule has 3 heterocycles. The van der Waals surface area contributed by atoms with Crippen LogP contribution in [-0.4, -0.2) is 65.4 Å². The molecule has 39 heavy (non-hydrogen) atoms. The Morgan fingerprint density at radius 1 is 1.05 bits per heavy atom. The Balaban J connectivity index is 1.25. The number of rotatable bonds is 8. The number of carbonyl (C=O) groups excluding carboxylic acids is 3. The van der Waals surface area contributed by atoms with Crippen molar-refractivity contribution in [3.63, 3.8) is 0 Å². The van der Waals surface area contributed by atoms with Gasteiger partial charge in [0.1, 0.15) is 5.76 Å². The highest BCUT2D eigenvalue weighted by Gasteiger charge is 2.39. The van der Waals surface area contributed by atoms with Gasteiger partial charge in [0.2, 0.25) is 0 Å². The third kappa shape index (κ3) is 6.04. The molecule has 0 bridgehead atoms. The summed E-state index contributed by atoms with van der Waals surface area (Å²) >= 11 is 0. The van der Waals surface area contributed by atoms with Crippen LogP contribution in [0.25, 0.3) is 0 Å². The number of hydrogen-bond acceptors (Lipinski definition) is 7. The molecule has 1 fully saturated rings. The summed E-state index contributed by atoms with van der Waals surface area (Å²) in [6.07, 6.45) is -2.15. The molecule has 0 N–H and O–H groups in total. The lowest BCUT2D eigenvalue weighted by atomic mass is 10.0. The molecule has 1 aromatic heterocycles. The van der Waals surface area contributed by atoms with Gasteiger partial charge in [0.15, 0.2) is 5.69 Å². The Morgan fingerprint density at radius 2 is 1.77 bits per heavy atom. The van der Waals surface area contributed by atoms with Crippen molar-refractivity contribution in [3.05, 3.63) is 58.0 Å². The van der Waals surface area contributed by atoms with Crippen molar-refractivity contribution in [2.24, 2.45) is 0 Å². The number of anilines is 1. The second-order valence-corrected chi connectivity index (χ2v) is 9.66. The smallest absolute Gasteiger partial charge is 0.361 e. The Kier molecular flexibility index (Phi) is 8.20. The molecule has 0 unspecified atom stereocenters. The molecule has 0 atom stereocenters. The Hall–Kier alpha value is -3.98. The molecule has 1 saturated heterocycles. The highest BCUT2D eigenvalue weighted by Crippen LogP contribution is 2.37. The molecule has 0 radical (unpaired) electrons. The van der Waals surface area contributed by atoms with E-state index in [0.29, 0.717) is 49.0 Å². The van der Waals surface area contributed by atoms with Gasteiger partial charge in [0, 0.05) is 43.4 Å². The van der Waals surface area contributed by atoms with Gasteiger partial charge < -0.3 is 9.42 Å². The average Bonchev–Trinajstić information content (AvgIpc) is 3.43. The molecular formula is C27H28F3N5O4. The van der Waals surface area contributed by atoms with Gasteiger partial charge in [0.05, 0.1) is 22.9 Å². The maximum atomic E-state index is 13.4. The molecule has 4 rings (SSSR count). The fraction of sp³-hybridized carbons (Fsp3) is 0.444. The van der Waals surface area contributed by atoms with Crippen LogP contribution in [0.5, 0.6) is 0 Å². The van der Waals surface area contributed by atoms with Crippen LogP contribution in [0.1, 0.15) is 60.0 Å². The number of nitriles is 1. The van der Waals surface area contributed by atoms with Gasteiger partial charge in [-0.25, -0.2) is 4.90 Å². The predicted molar refractivity (Wildman–Crippen MR) is 133 cm³/mol. The quantitative estimate of drug-likeness (QED) is 0.364. The highest BCUT2D eigenvalue weighted by atomic mass is 19.4. The van der Waals surface area contributed by atoms with E-state index in [2.05, 4.69) is 10.1 Å². The zero-order valence-electron chi connectivity index (χ0n) is 21.7. The van der Waals surface area contributed by atoms with Crippen molar-refractivity contribution in [2.75, 3.05) is 37.6 Å². The van der Waals surface area contributed by atoms with Gasteiger partial charge in [0.25, 0.3) is 17.7 Å². The monoisotopic (exact) mass is 543 g/mol. The Morgan fingerprint density at radius 3 is 2.38 bits per heavy atom. The number of piperazine rings is 1. The maximum Gasteiger partial charge on any atom is 0.417 e. The number of aromatic nitrogens is 1. The van der Waals surface area contributed by atoms with E-state index in [1.165, 1.54) is 19.1 Å². The van der Waals surface area contributed by atoms with Crippen LogP contribution < -0.4 is 4.90 Å². The van der Waals surface area contributed by atoms with Gasteiger partial charge in [-0.3, -0.25) is 19.3 Å². The summed E-state index contributed by atoms with van der Waals surface area (Å²) in [6, 6.07) is 5.94. The molecule has 0 spiro atoms. The van der Waals surface area contributed by atoms with Crippen LogP contribution >= 0.6 is 0 Å². The third-order valence-corrected chi connectivity index (χ3v) is 7.03. The Bertz CT molecular complexity index is 1350. The van der Waals surface area contributed by atoms with Crippen molar-refractivity contribution in [3.8, 4) is 6.07 Å². The number of imide groups is 1. The SMILES string of the molecule is CC1=C(CCCCCN2CCN(C(=O)c3cc(C)on3)CC2)C(=O)N(c2ccc(C#N)c(C(F)(F)F)c2)C1=O. The summed E-state index contributed by atoms with van der Waals surface area (Å²) in [7, 11) is 0. The number of unbranched alkanes of at least 4 members (excludes halogenated alkanes) is 2. The first-order valence-corrected chi connectivity index (χ1v) is 12.7. The highest BCUT2D eigenvalue weighted by molar-refractivity contribution is 6.32. The standard InChI is InChI=1S/C27H28F3N5O4/c1-17-14-23(32-39-17)26(38)34-12-10-33(11-13-34)9-5-3-4-6-21-18(2)24(36)35(25(21)37)20-8-7-19(16-31)22(15-20)27(28,29)30/h7-8,14-15H,3-6,9-13H2,1-2H3. The van der Waals surface area contributed by atoms with E-state index in [0.717, 1.165) is 43.4 Å². The van der Waals surface area contributed by atoms with E-state index < -0.39 is 29.1 Å². The molecule has 1 aromatic carbocycles. The Labute approximate surface area is 223 Å². The van der Waals surface area contributed by atoms with Crippen LogP contribution in [-0.2, 0) is 15.8 Å². The summed E-state index contributed by atoms with van der Waals surface area (Å²) in [6.45, 7) is 6.72. The van der Waals surface area contributed by atoms with Gasteiger partial charge in [-0.05, 0) is 57.9 Å². The van der Waals surface area contributed by atoms with E-state index in [9.17, 15) is 27.6 Å². The summed E-state index contributed by atoms with van der Waals surface area (Å²) in [5.74, 6) is -0.834. The molecule has 9 nitrogen and oxygen atoms in total. The molecule has 0 saturated carbocycles. The summed E-state index contributed by atoms with van der Waals surface area (Å²) in [4.78, 5) is 43.0. The lowest BCUT2D eigenvalue weighted by Crippen LogP contribution is -2.48. The van der Waals surface area contributed by atoms with Gasteiger partial charge in [-0.15, -0.1) is 0 Å². The van der Waals surface area contributed by atoms with Crippen molar-refractivity contribution >= 4 is 23.4 Å². The molecular weight excluding hydrogens is 515 g/mol. The van der Waals surface area contributed by atoms with Crippen molar-refractivity contribution < 1.29 is 32.1 Å². The molecule has 2 aliphatic heterocycles. The maximum absolute atomic E-state index is 13.4. The lowest BCUT2D eigenvalue weighted by molar-refractivity contribution is -0.138. The first-order chi connectivity index (χ1) is 18.5. The number of carbonyl (C=O) groups is 3. The minimum Gasteiger partial charge on any atom is -0.361 e. The fourth-order valence-corrected chi connectivity index (χ4v) is 4.83. The topological polar surface area (TPSA) is 111 Å². The lowest BCUT2D eigenvalue weighted by Gasteiger charge is -2.34. The summed E-state index contributed by atoms with van der Waals surface area (Å²) in [5.41, 5.74) is -1.14. The largest absolute Gasteiger partial charge is 0.417 e. The second kappa shape index (κ2) is 11.4. The third-order valence-electron chi connectivity index (χ3n) is 7.03. The van der Waals surface area contributed by atoms with Crippen molar-refractivity contribution in [1.82, 2.24) is 15.0 Å². The van der Waals surface area contributed by atoms with Crippen LogP contribution in [0.15, 0.2) is 39.9 Å². The van der Waals surface area contributed by atoms with Gasteiger partial charge >= 0.3 is 6.18 Å². The zero-order valence-corrected chi connectivity index (χ0v) is 21.7.